The molecule has 9 nitrogen and oxygen atoms in total. The van der Waals surface area contributed by atoms with Crippen LogP contribution in [-0.4, -0.2) is 45.9 Å². The molecule has 0 atom stereocenters. The van der Waals surface area contributed by atoms with Crippen molar-refractivity contribution in [2.24, 2.45) is 0 Å². The van der Waals surface area contributed by atoms with Crippen LogP contribution in [-0.2, 0) is 38.9 Å². The number of alkyl halides is 3. The number of sulfone groups is 1. The van der Waals surface area contributed by atoms with Gasteiger partial charge in [0.2, 0.25) is 0 Å². The summed E-state index contributed by atoms with van der Waals surface area (Å²) in [5.41, 5.74) is -3.95. The molecule has 0 saturated carbocycles. The first kappa shape index (κ1) is 35.6. The zero-order chi connectivity index (χ0) is 34.0. The minimum atomic E-state index is -5.55. The predicted octanol–water partition coefficient (Wildman–Crippen LogP) is 7.87. The number of benzene rings is 3. The first-order chi connectivity index (χ1) is 22.4. The number of aromatic nitrogens is 2. The highest BCUT2D eigenvalue weighted by molar-refractivity contribution is 7.92. The van der Waals surface area contributed by atoms with Crippen LogP contribution >= 0.6 is 0 Å². The molecule has 0 fully saturated rings. The van der Waals surface area contributed by atoms with Crippen LogP contribution in [0.2, 0.25) is 0 Å². The number of carboxylic acids is 1. The van der Waals surface area contributed by atoms with Gasteiger partial charge >= 0.3 is 17.4 Å². The summed E-state index contributed by atoms with van der Waals surface area (Å²) < 4.78 is 67.8. The lowest BCUT2D eigenvalue weighted by Gasteiger charge is -2.22. The lowest BCUT2D eigenvalue weighted by atomic mass is 9.98. The van der Waals surface area contributed by atoms with E-state index in [0.29, 0.717) is 34.6 Å². The quantitative estimate of drug-likeness (QED) is 0.0939. The predicted molar refractivity (Wildman–Crippen MR) is 170 cm³/mol. The Morgan fingerprint density at radius 2 is 1.45 bits per heavy atom. The zero-order valence-electron chi connectivity index (χ0n) is 26.1. The van der Waals surface area contributed by atoms with Gasteiger partial charge in [0.05, 0.1) is 4.90 Å². The van der Waals surface area contributed by atoms with Gasteiger partial charge in [-0.2, -0.15) is 18.2 Å². The molecule has 3 aromatic carbocycles. The molecule has 1 N–H and O–H groups in total. The Kier molecular flexibility index (Phi) is 12.1. The average Bonchev–Trinajstić information content (AvgIpc) is 3.51. The van der Waals surface area contributed by atoms with Gasteiger partial charge in [0.25, 0.3) is 15.7 Å². The van der Waals surface area contributed by atoms with Crippen LogP contribution < -0.4 is 0 Å². The normalized spacial score (nSPS) is 12.0. The number of aryl methyl sites for hydroxylation is 1. The highest BCUT2D eigenvalue weighted by Gasteiger charge is 2.46. The molecule has 1 aromatic heterocycles. The Bertz CT molecular complexity index is 1770. The molecule has 13 heteroatoms. The van der Waals surface area contributed by atoms with Crippen molar-refractivity contribution in [3.05, 3.63) is 77.6 Å². The smallest absolute Gasteiger partial charge is 0.474 e. The number of hydrogen-bond donors (Lipinski definition) is 1. The second-order valence-electron chi connectivity index (χ2n) is 11.5. The van der Waals surface area contributed by atoms with E-state index in [1.165, 1.54) is 44.9 Å². The molecule has 1 heterocycles. The third kappa shape index (κ3) is 9.18. The number of unbranched alkanes of at least 4 members (excludes halogenated alkanes) is 8. The lowest BCUT2D eigenvalue weighted by Crippen LogP contribution is -2.35. The van der Waals surface area contributed by atoms with E-state index in [4.69, 9.17) is 4.52 Å². The minimum Gasteiger partial charge on any atom is -0.474 e. The molecular formula is C34H38F3N3O6S. The van der Waals surface area contributed by atoms with Gasteiger partial charge in [-0.3, -0.25) is 4.79 Å². The third-order valence-corrected chi connectivity index (χ3v) is 9.46. The highest BCUT2D eigenvalue weighted by Crippen LogP contribution is 2.32. The number of rotatable bonds is 16. The standard InChI is InChI=1S/C34H38F3N3O6S/c1-2-3-4-5-6-7-8-9-10-15-30-38-31(46-39-30)29-21-18-25(27-13-11-12-14-28(27)29)23-40(32(41)33(42)43)22-24-16-19-26(20-17-24)47(44,45)34(35,36)37/h11-14,16-21H,2-10,15,22-23H2,1H3,(H,42,43). The van der Waals surface area contributed by atoms with E-state index in [2.05, 4.69) is 17.1 Å². The number of halogens is 3. The van der Waals surface area contributed by atoms with Gasteiger partial charge in [-0.05, 0) is 46.5 Å². The van der Waals surface area contributed by atoms with Crippen molar-refractivity contribution in [2.45, 2.75) is 94.6 Å². The number of hydrogen-bond acceptors (Lipinski definition) is 7. The van der Waals surface area contributed by atoms with Gasteiger partial charge in [0, 0.05) is 25.1 Å². The third-order valence-electron chi connectivity index (χ3n) is 7.96. The lowest BCUT2D eigenvalue weighted by molar-refractivity contribution is -0.156. The molecule has 0 aliphatic carbocycles. The van der Waals surface area contributed by atoms with Crippen molar-refractivity contribution in [3.8, 4) is 11.5 Å². The fraction of sp³-hybridized carbons (Fsp3) is 0.412. The van der Waals surface area contributed by atoms with Crippen molar-refractivity contribution < 1.29 is 40.8 Å². The van der Waals surface area contributed by atoms with Crippen LogP contribution in [0.3, 0.4) is 0 Å². The van der Waals surface area contributed by atoms with Crippen molar-refractivity contribution in [2.75, 3.05) is 0 Å². The zero-order valence-corrected chi connectivity index (χ0v) is 26.9. The summed E-state index contributed by atoms with van der Waals surface area (Å²) in [6, 6.07) is 14.5. The molecule has 0 aliphatic heterocycles. The SMILES string of the molecule is CCCCCCCCCCCc1noc(-c2ccc(CN(Cc3ccc(S(=O)(=O)C(F)(F)F)cc3)C(=O)C(=O)O)c3ccccc23)n1. The van der Waals surface area contributed by atoms with Crippen molar-refractivity contribution in [1.82, 2.24) is 15.0 Å². The molecule has 0 bridgehead atoms. The summed E-state index contributed by atoms with van der Waals surface area (Å²) in [7, 11) is -5.55. The molecular weight excluding hydrogens is 635 g/mol. The largest absolute Gasteiger partial charge is 0.501 e. The molecule has 0 unspecified atom stereocenters. The first-order valence-corrected chi connectivity index (χ1v) is 17.2. The fourth-order valence-corrected chi connectivity index (χ4v) is 6.17. The van der Waals surface area contributed by atoms with Crippen LogP contribution in [0.5, 0.6) is 0 Å². The fourth-order valence-electron chi connectivity index (χ4n) is 5.41. The van der Waals surface area contributed by atoms with Gasteiger partial charge in [-0.15, -0.1) is 0 Å². The average molecular weight is 674 g/mol. The van der Waals surface area contributed by atoms with Gasteiger partial charge in [0.1, 0.15) is 0 Å². The van der Waals surface area contributed by atoms with E-state index >= 15 is 0 Å². The van der Waals surface area contributed by atoms with Crippen LogP contribution in [0, 0.1) is 0 Å². The maximum atomic E-state index is 12.9. The van der Waals surface area contributed by atoms with E-state index in [9.17, 15) is 36.3 Å². The number of carbonyl (C=O) groups excluding carboxylic acids is 1. The number of carboxylic acid groups (broad SMARTS) is 1. The number of nitrogens with zero attached hydrogens (tertiary/aromatic N) is 3. The monoisotopic (exact) mass is 673 g/mol. The maximum absolute atomic E-state index is 12.9. The van der Waals surface area contributed by atoms with E-state index in [1.807, 2.05) is 18.2 Å². The van der Waals surface area contributed by atoms with Gasteiger partial charge < -0.3 is 14.5 Å². The molecule has 0 saturated heterocycles. The Labute approximate surface area is 271 Å². The Morgan fingerprint density at radius 3 is 2.06 bits per heavy atom. The van der Waals surface area contributed by atoms with Gasteiger partial charge in [-0.1, -0.05) is 106 Å². The maximum Gasteiger partial charge on any atom is 0.501 e. The second-order valence-corrected chi connectivity index (χ2v) is 13.4. The molecule has 4 rings (SSSR count). The molecule has 47 heavy (non-hydrogen) atoms. The van der Waals surface area contributed by atoms with Gasteiger partial charge in [0.15, 0.2) is 5.82 Å². The van der Waals surface area contributed by atoms with Crippen LogP contribution in [0.15, 0.2) is 70.1 Å². The Morgan fingerprint density at radius 1 is 0.830 bits per heavy atom. The minimum absolute atomic E-state index is 0.151. The summed E-state index contributed by atoms with van der Waals surface area (Å²) in [5, 5.41) is 15.1. The van der Waals surface area contributed by atoms with Crippen LogP contribution in [0.1, 0.15) is 81.7 Å². The molecule has 0 radical (unpaired) electrons. The highest BCUT2D eigenvalue weighted by atomic mass is 32.2. The first-order valence-electron chi connectivity index (χ1n) is 15.7. The summed E-state index contributed by atoms with van der Waals surface area (Å²) in [6.45, 7) is 1.77. The Hall–Kier alpha value is -4.26. The van der Waals surface area contributed by atoms with E-state index in [0.717, 1.165) is 47.4 Å². The summed E-state index contributed by atoms with van der Waals surface area (Å²) in [4.78, 5) is 29.0. The second kappa shape index (κ2) is 16.0. The van der Waals surface area contributed by atoms with Gasteiger partial charge in [-0.25, -0.2) is 13.2 Å². The van der Waals surface area contributed by atoms with Crippen molar-refractivity contribution in [3.63, 3.8) is 0 Å². The summed E-state index contributed by atoms with van der Waals surface area (Å²) in [5.74, 6) is -2.00. The van der Waals surface area contributed by atoms with E-state index in [1.54, 1.807) is 18.2 Å². The molecule has 0 aliphatic rings. The van der Waals surface area contributed by atoms with E-state index in [-0.39, 0.29) is 18.7 Å². The number of aliphatic carboxylic acids is 1. The molecule has 252 valence electrons. The van der Waals surface area contributed by atoms with Crippen molar-refractivity contribution in [1.29, 1.82) is 0 Å². The summed E-state index contributed by atoms with van der Waals surface area (Å²) >= 11 is 0. The van der Waals surface area contributed by atoms with Crippen LogP contribution in [0.25, 0.3) is 22.2 Å². The summed E-state index contributed by atoms with van der Waals surface area (Å²) in [6.07, 6.45) is 11.6. The van der Waals surface area contributed by atoms with Crippen LogP contribution in [0.4, 0.5) is 13.2 Å². The number of fused-ring (bicyclic) bond motifs is 1. The topological polar surface area (TPSA) is 131 Å². The molecule has 4 aromatic rings. The molecule has 0 spiro atoms. The Balaban J connectivity index is 1.47. The van der Waals surface area contributed by atoms with E-state index < -0.39 is 32.1 Å². The number of carbonyl (C=O) groups is 2. The number of amides is 1. The molecule has 1 amide bonds. The van der Waals surface area contributed by atoms with Crippen molar-refractivity contribution >= 4 is 32.5 Å².